The van der Waals surface area contributed by atoms with Gasteiger partial charge in [-0.15, -0.1) is 0 Å². The molecule has 0 atom stereocenters. The molecule has 6 heteroatoms. The summed E-state index contributed by atoms with van der Waals surface area (Å²) in [6.45, 7) is 1.92. The summed E-state index contributed by atoms with van der Waals surface area (Å²) in [7, 11) is 0. The predicted octanol–water partition coefficient (Wildman–Crippen LogP) is 8.45. The molecule has 0 nitrogen and oxygen atoms in total. The molecule has 32 heavy (non-hydrogen) atoms. The number of halogens is 6. The van der Waals surface area contributed by atoms with E-state index in [4.69, 9.17) is 0 Å². The van der Waals surface area contributed by atoms with Gasteiger partial charge in [0.25, 0.3) is 0 Å². The van der Waals surface area contributed by atoms with Crippen LogP contribution in [0.25, 0.3) is 22.8 Å². The average Bonchev–Trinajstić information content (AvgIpc) is 3.17. The average molecular weight is 445 g/mol. The maximum atomic E-state index is 13.5. The Morgan fingerprint density at radius 2 is 1.34 bits per heavy atom. The molecule has 0 bridgehead atoms. The Bertz CT molecular complexity index is 1140. The highest BCUT2D eigenvalue weighted by Gasteiger charge is 2.37. The molecule has 0 saturated carbocycles. The molecule has 0 N–H and O–H groups in total. The second-order valence-corrected chi connectivity index (χ2v) is 7.76. The fourth-order valence-corrected chi connectivity index (χ4v) is 4.04. The maximum Gasteiger partial charge on any atom is 0.416 e. The van der Waals surface area contributed by atoms with Crippen molar-refractivity contribution >= 4 is 11.6 Å². The van der Waals surface area contributed by atoms with Crippen molar-refractivity contribution in [2.24, 2.45) is 0 Å². The fourth-order valence-electron chi connectivity index (χ4n) is 4.04. The summed E-state index contributed by atoms with van der Waals surface area (Å²) in [5.41, 5.74) is 1.64. The van der Waals surface area contributed by atoms with Crippen LogP contribution in [-0.2, 0) is 18.8 Å². The summed E-state index contributed by atoms with van der Waals surface area (Å²) < 4.78 is 80.8. The van der Waals surface area contributed by atoms with Crippen LogP contribution < -0.4 is 0 Å². The lowest BCUT2D eigenvalue weighted by Gasteiger charge is -2.18. The van der Waals surface area contributed by atoms with Crippen LogP contribution in [0.2, 0.25) is 0 Å². The molecule has 0 fully saturated rings. The lowest BCUT2D eigenvalue weighted by molar-refractivity contribution is -0.143. The van der Waals surface area contributed by atoms with Gasteiger partial charge in [-0.25, -0.2) is 0 Å². The first-order valence-corrected chi connectivity index (χ1v) is 10.2. The Labute approximate surface area is 182 Å². The molecule has 0 aliphatic heterocycles. The summed E-state index contributed by atoms with van der Waals surface area (Å²) in [5.74, 6) is 0. The lowest BCUT2D eigenvalue weighted by Crippen LogP contribution is -2.11. The first-order chi connectivity index (χ1) is 15.1. The van der Waals surface area contributed by atoms with E-state index in [9.17, 15) is 26.3 Å². The highest BCUT2D eigenvalue weighted by Crippen LogP contribution is 2.44. The van der Waals surface area contributed by atoms with Crippen LogP contribution in [0.3, 0.4) is 0 Å². The van der Waals surface area contributed by atoms with Crippen LogP contribution in [0.5, 0.6) is 0 Å². The van der Waals surface area contributed by atoms with Gasteiger partial charge in [0.2, 0.25) is 0 Å². The molecule has 0 saturated heterocycles. The minimum absolute atomic E-state index is 0.0774. The highest BCUT2D eigenvalue weighted by molar-refractivity contribution is 5.99. The topological polar surface area (TPSA) is 0 Å². The minimum Gasteiger partial charge on any atom is -0.166 e. The van der Waals surface area contributed by atoms with Gasteiger partial charge in [0.1, 0.15) is 0 Å². The number of rotatable bonds is 4. The smallest absolute Gasteiger partial charge is 0.166 e. The lowest BCUT2D eigenvalue weighted by atomic mass is 9.88. The molecule has 1 aliphatic rings. The van der Waals surface area contributed by atoms with Crippen LogP contribution in [0.1, 0.15) is 46.7 Å². The zero-order valence-electron chi connectivity index (χ0n) is 17.1. The van der Waals surface area contributed by atoms with E-state index in [1.54, 1.807) is 6.07 Å². The zero-order valence-corrected chi connectivity index (χ0v) is 17.1. The summed E-state index contributed by atoms with van der Waals surface area (Å²) >= 11 is 0. The Kier molecular flexibility index (Phi) is 5.65. The number of hydrogen-bond acceptors (Lipinski definition) is 0. The predicted molar refractivity (Wildman–Crippen MR) is 114 cm³/mol. The summed E-state index contributed by atoms with van der Waals surface area (Å²) in [5, 5.41) is 0. The van der Waals surface area contributed by atoms with Gasteiger partial charge in [0.05, 0.1) is 11.1 Å². The SMILES string of the molecule is CCCc1ccc2c(c1-c1cc(C(F)(F)F)cc(C(F)(F)F)c1)C=C(c1ccccc1)[CH]2. The fraction of sp³-hybridized carbons (Fsp3) is 0.192. The third kappa shape index (κ3) is 4.31. The second kappa shape index (κ2) is 8.15. The number of aryl methyl sites for hydroxylation is 1. The van der Waals surface area contributed by atoms with Gasteiger partial charge in [-0.3, -0.25) is 0 Å². The molecule has 0 aromatic heterocycles. The molecule has 1 aliphatic carbocycles. The summed E-state index contributed by atoms with van der Waals surface area (Å²) in [4.78, 5) is 0. The number of allylic oxidation sites excluding steroid dienone is 1. The second-order valence-electron chi connectivity index (χ2n) is 7.76. The molecular formula is C26H19F6. The molecule has 165 valence electrons. The normalized spacial score (nSPS) is 13.8. The van der Waals surface area contributed by atoms with Crippen LogP contribution in [0.15, 0.2) is 60.7 Å². The molecule has 0 spiro atoms. The van der Waals surface area contributed by atoms with E-state index < -0.39 is 23.5 Å². The van der Waals surface area contributed by atoms with Crippen molar-refractivity contribution in [2.75, 3.05) is 0 Å². The molecule has 3 aromatic carbocycles. The number of fused-ring (bicyclic) bond motifs is 1. The van der Waals surface area contributed by atoms with Gasteiger partial charge in [-0.2, -0.15) is 26.3 Å². The molecule has 0 amide bonds. The first-order valence-electron chi connectivity index (χ1n) is 10.2. The van der Waals surface area contributed by atoms with Crippen molar-refractivity contribution in [1.29, 1.82) is 0 Å². The Morgan fingerprint density at radius 1 is 0.719 bits per heavy atom. The van der Waals surface area contributed by atoms with Gasteiger partial charge >= 0.3 is 12.4 Å². The van der Waals surface area contributed by atoms with Crippen molar-refractivity contribution in [3.8, 4) is 11.1 Å². The van der Waals surface area contributed by atoms with Gasteiger partial charge in [-0.1, -0.05) is 55.8 Å². The standard InChI is InChI=1S/C26H19F6/c1-2-6-17-9-10-18-11-19(16-7-4-3-5-8-16)14-23(18)24(17)20-12-21(25(27,28)29)15-22(13-20)26(30,31)32/h3-5,7-15H,2,6H2,1H3. The van der Waals surface area contributed by atoms with Crippen LogP contribution in [-0.4, -0.2) is 0 Å². The van der Waals surface area contributed by atoms with E-state index in [1.807, 2.05) is 55.8 Å². The van der Waals surface area contributed by atoms with E-state index in [1.165, 1.54) is 0 Å². The molecule has 0 heterocycles. The Hall–Kier alpha value is -3.02. The van der Waals surface area contributed by atoms with E-state index in [0.29, 0.717) is 24.0 Å². The number of benzene rings is 3. The van der Waals surface area contributed by atoms with Gasteiger partial charge < -0.3 is 0 Å². The largest absolute Gasteiger partial charge is 0.416 e. The van der Waals surface area contributed by atoms with Crippen molar-refractivity contribution in [3.05, 3.63) is 100 Å². The molecular weight excluding hydrogens is 426 g/mol. The van der Waals surface area contributed by atoms with Gasteiger partial charge in [0.15, 0.2) is 0 Å². The molecule has 0 unspecified atom stereocenters. The minimum atomic E-state index is -4.89. The molecule has 1 radical (unpaired) electrons. The van der Waals surface area contributed by atoms with Crippen molar-refractivity contribution in [3.63, 3.8) is 0 Å². The Morgan fingerprint density at radius 3 is 1.91 bits per heavy atom. The number of alkyl halides is 6. The van der Waals surface area contributed by atoms with Crippen LogP contribution in [0.4, 0.5) is 26.3 Å². The third-order valence-electron chi connectivity index (χ3n) is 5.48. The maximum absolute atomic E-state index is 13.5. The van der Waals surface area contributed by atoms with Crippen molar-refractivity contribution in [2.45, 2.75) is 32.1 Å². The van der Waals surface area contributed by atoms with Crippen molar-refractivity contribution < 1.29 is 26.3 Å². The molecule has 4 rings (SSSR count). The van der Waals surface area contributed by atoms with Gasteiger partial charge in [-0.05, 0) is 69.6 Å². The third-order valence-corrected chi connectivity index (χ3v) is 5.48. The quantitative estimate of drug-likeness (QED) is 0.354. The van der Waals surface area contributed by atoms with E-state index in [-0.39, 0.29) is 11.6 Å². The highest BCUT2D eigenvalue weighted by atomic mass is 19.4. The van der Waals surface area contributed by atoms with Crippen LogP contribution in [0, 0.1) is 6.42 Å². The van der Waals surface area contributed by atoms with Crippen LogP contribution >= 0.6 is 0 Å². The van der Waals surface area contributed by atoms with E-state index in [0.717, 1.165) is 34.4 Å². The number of hydrogen-bond donors (Lipinski definition) is 0. The monoisotopic (exact) mass is 445 g/mol. The Balaban J connectivity index is 1.97. The van der Waals surface area contributed by atoms with Gasteiger partial charge in [0, 0.05) is 6.42 Å². The first kappa shape index (κ1) is 22.2. The van der Waals surface area contributed by atoms with Crippen molar-refractivity contribution in [1.82, 2.24) is 0 Å². The molecule has 3 aromatic rings. The van der Waals surface area contributed by atoms with E-state index >= 15 is 0 Å². The summed E-state index contributed by atoms with van der Waals surface area (Å²) in [6.07, 6.45) is -4.80. The van der Waals surface area contributed by atoms with E-state index in [2.05, 4.69) is 0 Å². The summed E-state index contributed by atoms with van der Waals surface area (Å²) in [6, 6.07) is 14.9. The zero-order chi connectivity index (χ0) is 23.1.